The van der Waals surface area contributed by atoms with Gasteiger partial charge in [0.15, 0.2) is 5.69 Å². The van der Waals surface area contributed by atoms with Gasteiger partial charge in [0.05, 0.1) is 27.4 Å². The number of rotatable bonds is 7. The summed E-state index contributed by atoms with van der Waals surface area (Å²) in [5, 5.41) is 19.1. The van der Waals surface area contributed by atoms with Crippen molar-refractivity contribution in [1.29, 1.82) is 0 Å². The Bertz CT molecular complexity index is 993. The summed E-state index contributed by atoms with van der Waals surface area (Å²) >= 11 is 0. The van der Waals surface area contributed by atoms with Gasteiger partial charge in [-0.2, -0.15) is 9.78 Å². The minimum Gasteiger partial charge on any atom is -0.497 e. The Hall–Kier alpha value is -3.80. The fraction of sp³-hybridized carbons (Fsp3) is 0.250. The molecule has 0 spiro atoms. The third-order valence-electron chi connectivity index (χ3n) is 3.67. The zero-order chi connectivity index (χ0) is 20.1. The Morgan fingerprint density at radius 2 is 2.25 bits per heavy atom. The highest BCUT2D eigenvalue weighted by Gasteiger charge is 2.25. The smallest absolute Gasteiger partial charge is 0.294 e. The number of amides is 1. The summed E-state index contributed by atoms with van der Waals surface area (Å²) in [6.07, 6.45) is 1.50. The Labute approximate surface area is 159 Å². The number of carbonyl (C=O) groups excluding carboxylic acids is 1. The van der Waals surface area contributed by atoms with Crippen molar-refractivity contribution in [3.05, 3.63) is 41.2 Å². The van der Waals surface area contributed by atoms with Gasteiger partial charge in [0.2, 0.25) is 11.6 Å². The predicted octanol–water partition coefficient (Wildman–Crippen LogP) is -1.35. The van der Waals surface area contributed by atoms with E-state index in [0.29, 0.717) is 18.0 Å². The SMILES string of the molecule is COc1cccc(/C=N\NC(=O)c2nnn(-c3nonc3N)c2C[NH+](C)C)c1. The van der Waals surface area contributed by atoms with Crippen LogP contribution in [0.3, 0.4) is 0 Å². The van der Waals surface area contributed by atoms with Gasteiger partial charge in [0.25, 0.3) is 5.91 Å². The highest BCUT2D eigenvalue weighted by Crippen LogP contribution is 2.15. The minimum atomic E-state index is -0.517. The fourth-order valence-corrected chi connectivity index (χ4v) is 2.42. The van der Waals surface area contributed by atoms with Crippen LogP contribution < -0.4 is 20.8 Å². The molecule has 4 N–H and O–H groups in total. The standard InChI is InChI=1S/C16H19N9O3/c1-24(2)9-12-13(19-23-25(12)15-14(17)21-28-22-15)16(26)20-18-8-10-5-4-6-11(7-10)27-3/h4-8H,9H2,1-3H3,(H2,17,21)(H,20,26)/p+1/b18-8-. The van der Waals surface area contributed by atoms with Gasteiger partial charge in [-0.15, -0.1) is 5.10 Å². The molecule has 0 aliphatic rings. The first-order valence-electron chi connectivity index (χ1n) is 8.29. The number of nitrogens with one attached hydrogen (secondary N) is 2. The fourth-order valence-electron chi connectivity index (χ4n) is 2.42. The maximum Gasteiger partial charge on any atom is 0.294 e. The van der Waals surface area contributed by atoms with Crippen LogP contribution in [0.5, 0.6) is 5.75 Å². The quantitative estimate of drug-likeness (QED) is 0.333. The van der Waals surface area contributed by atoms with Gasteiger partial charge in [0, 0.05) is 0 Å². The predicted molar refractivity (Wildman–Crippen MR) is 98.2 cm³/mol. The van der Waals surface area contributed by atoms with Crippen molar-refractivity contribution >= 4 is 17.9 Å². The first-order chi connectivity index (χ1) is 13.5. The van der Waals surface area contributed by atoms with E-state index in [4.69, 9.17) is 10.5 Å². The summed E-state index contributed by atoms with van der Waals surface area (Å²) in [7, 11) is 5.42. The maximum atomic E-state index is 12.6. The lowest BCUT2D eigenvalue weighted by molar-refractivity contribution is -0.873. The summed E-state index contributed by atoms with van der Waals surface area (Å²) in [6.45, 7) is 0.432. The lowest BCUT2D eigenvalue weighted by Crippen LogP contribution is -3.04. The monoisotopic (exact) mass is 386 g/mol. The molecule has 1 amide bonds. The van der Waals surface area contributed by atoms with Gasteiger partial charge < -0.3 is 15.4 Å². The zero-order valence-electron chi connectivity index (χ0n) is 15.6. The number of quaternary nitrogens is 1. The molecular weight excluding hydrogens is 366 g/mol. The molecule has 0 radical (unpaired) electrons. The topological polar surface area (TPSA) is 151 Å². The molecular formula is C16H20N9O3+. The van der Waals surface area contributed by atoms with Gasteiger partial charge in [-0.25, -0.2) is 10.1 Å². The largest absolute Gasteiger partial charge is 0.497 e. The molecule has 0 bridgehead atoms. The Morgan fingerprint density at radius 1 is 1.43 bits per heavy atom. The number of hydrogen-bond acceptors (Lipinski definition) is 9. The second-order valence-corrected chi connectivity index (χ2v) is 6.13. The summed E-state index contributed by atoms with van der Waals surface area (Å²) in [5.74, 6) is 0.385. The molecule has 0 unspecified atom stereocenters. The van der Waals surface area contributed by atoms with E-state index in [9.17, 15) is 4.79 Å². The highest BCUT2D eigenvalue weighted by atomic mass is 16.6. The lowest BCUT2D eigenvalue weighted by Gasteiger charge is -2.08. The number of aromatic nitrogens is 5. The van der Waals surface area contributed by atoms with E-state index >= 15 is 0 Å². The van der Waals surface area contributed by atoms with Crippen LogP contribution >= 0.6 is 0 Å². The van der Waals surface area contributed by atoms with Crippen LogP contribution in [0, 0.1) is 0 Å². The summed E-state index contributed by atoms with van der Waals surface area (Å²) in [5.41, 5.74) is 9.54. The molecule has 0 fully saturated rings. The number of carbonyl (C=O) groups is 1. The number of anilines is 1. The van der Waals surface area contributed by atoms with Gasteiger partial charge in [-0.05, 0) is 28.0 Å². The lowest BCUT2D eigenvalue weighted by atomic mass is 10.2. The Kier molecular flexibility index (Phi) is 5.60. The number of hydrogen-bond donors (Lipinski definition) is 3. The molecule has 3 aromatic rings. The van der Waals surface area contributed by atoms with E-state index in [0.717, 1.165) is 10.5 Å². The molecule has 2 aromatic heterocycles. The van der Waals surface area contributed by atoms with E-state index in [1.165, 1.54) is 10.9 Å². The zero-order valence-corrected chi connectivity index (χ0v) is 15.6. The normalized spacial score (nSPS) is 11.3. The van der Waals surface area contributed by atoms with Crippen LogP contribution in [0.25, 0.3) is 5.82 Å². The molecule has 28 heavy (non-hydrogen) atoms. The number of ether oxygens (including phenoxy) is 1. The summed E-state index contributed by atoms with van der Waals surface area (Å²) < 4.78 is 11.1. The van der Waals surface area contributed by atoms with Gasteiger partial charge >= 0.3 is 0 Å². The van der Waals surface area contributed by atoms with Crippen LogP contribution in [-0.4, -0.2) is 58.6 Å². The molecule has 0 aliphatic carbocycles. The van der Waals surface area contributed by atoms with Crippen LogP contribution in [0.2, 0.25) is 0 Å². The van der Waals surface area contributed by atoms with Crippen molar-refractivity contribution in [3.63, 3.8) is 0 Å². The molecule has 2 heterocycles. The minimum absolute atomic E-state index is 0.0444. The molecule has 0 saturated heterocycles. The van der Waals surface area contributed by atoms with Crippen molar-refractivity contribution in [2.24, 2.45) is 5.10 Å². The van der Waals surface area contributed by atoms with E-state index in [1.54, 1.807) is 13.2 Å². The first kappa shape index (κ1) is 19.0. The Morgan fingerprint density at radius 3 is 2.93 bits per heavy atom. The number of nitrogen functional groups attached to an aromatic ring is 1. The average Bonchev–Trinajstić information content (AvgIpc) is 3.27. The molecule has 1 aromatic carbocycles. The van der Waals surface area contributed by atoms with Crippen LogP contribution in [0.4, 0.5) is 5.82 Å². The molecule has 12 heteroatoms. The van der Waals surface area contributed by atoms with Gasteiger partial charge in [-0.3, -0.25) is 4.79 Å². The number of nitrogens with two attached hydrogens (primary N) is 1. The van der Waals surface area contributed by atoms with Crippen molar-refractivity contribution in [1.82, 2.24) is 30.7 Å². The first-order valence-corrected chi connectivity index (χ1v) is 8.29. The number of hydrazone groups is 1. The number of methoxy groups -OCH3 is 1. The molecule has 0 saturated carbocycles. The van der Waals surface area contributed by atoms with E-state index in [2.05, 4.69) is 35.8 Å². The van der Waals surface area contributed by atoms with E-state index in [1.807, 2.05) is 32.3 Å². The third kappa shape index (κ3) is 4.12. The van der Waals surface area contributed by atoms with Gasteiger partial charge in [0.1, 0.15) is 18.0 Å². The van der Waals surface area contributed by atoms with Crippen molar-refractivity contribution < 1.29 is 19.1 Å². The average molecular weight is 386 g/mol. The van der Waals surface area contributed by atoms with E-state index in [-0.39, 0.29) is 17.3 Å². The van der Waals surface area contributed by atoms with Gasteiger partial charge in [-0.1, -0.05) is 17.3 Å². The number of benzene rings is 1. The van der Waals surface area contributed by atoms with Crippen molar-refractivity contribution in [3.8, 4) is 11.6 Å². The number of nitrogens with zero attached hydrogens (tertiary/aromatic N) is 6. The highest BCUT2D eigenvalue weighted by molar-refractivity contribution is 5.94. The van der Waals surface area contributed by atoms with E-state index < -0.39 is 5.91 Å². The Balaban J connectivity index is 1.82. The molecule has 0 atom stereocenters. The molecule has 146 valence electrons. The summed E-state index contributed by atoms with van der Waals surface area (Å²) in [6, 6.07) is 7.25. The molecule has 3 rings (SSSR count). The molecule has 0 aliphatic heterocycles. The van der Waals surface area contributed by atoms with Crippen LogP contribution in [0.1, 0.15) is 21.7 Å². The second kappa shape index (κ2) is 8.26. The second-order valence-electron chi connectivity index (χ2n) is 6.13. The van der Waals surface area contributed by atoms with Crippen molar-refractivity contribution in [2.75, 3.05) is 26.9 Å². The maximum absolute atomic E-state index is 12.6. The summed E-state index contributed by atoms with van der Waals surface area (Å²) in [4.78, 5) is 13.6. The van der Waals surface area contributed by atoms with Crippen LogP contribution in [0.15, 0.2) is 34.0 Å². The van der Waals surface area contributed by atoms with Crippen LogP contribution in [-0.2, 0) is 6.54 Å². The third-order valence-corrected chi connectivity index (χ3v) is 3.67. The molecule has 12 nitrogen and oxygen atoms in total. The van der Waals surface area contributed by atoms with Crippen molar-refractivity contribution in [2.45, 2.75) is 6.54 Å².